The molecule has 2 aliphatic heterocycles. The molecule has 1 saturated carbocycles. The fourth-order valence-electron chi connectivity index (χ4n) is 4.34. The van der Waals surface area contributed by atoms with Gasteiger partial charge in [-0.15, -0.1) is 0 Å². The van der Waals surface area contributed by atoms with Gasteiger partial charge in [0.2, 0.25) is 11.8 Å². The van der Waals surface area contributed by atoms with Gasteiger partial charge in [-0.25, -0.2) is 0 Å². The van der Waals surface area contributed by atoms with Crippen LogP contribution in [0, 0.1) is 5.92 Å². The molecule has 8 heteroatoms. The van der Waals surface area contributed by atoms with Crippen LogP contribution < -0.4 is 10.6 Å². The predicted molar refractivity (Wildman–Crippen MR) is 107 cm³/mol. The van der Waals surface area contributed by atoms with Crippen molar-refractivity contribution in [3.05, 3.63) is 30.1 Å². The van der Waals surface area contributed by atoms with E-state index in [4.69, 9.17) is 0 Å². The molecule has 2 saturated heterocycles. The molecule has 0 aromatic carbocycles. The summed E-state index contributed by atoms with van der Waals surface area (Å²) < 4.78 is 0. The molecule has 29 heavy (non-hydrogen) atoms. The first kappa shape index (κ1) is 19.8. The van der Waals surface area contributed by atoms with Crippen molar-refractivity contribution in [3.63, 3.8) is 0 Å². The third-order valence-corrected chi connectivity index (χ3v) is 6.16. The van der Waals surface area contributed by atoms with E-state index in [1.165, 1.54) is 12.8 Å². The van der Waals surface area contributed by atoms with Crippen LogP contribution in [0.5, 0.6) is 0 Å². The molecule has 8 nitrogen and oxygen atoms in total. The third-order valence-electron chi connectivity index (χ3n) is 6.16. The van der Waals surface area contributed by atoms with Crippen LogP contribution in [0.25, 0.3) is 0 Å². The topological polar surface area (TPSA) is 94.6 Å². The number of carbonyl (C=O) groups excluding carboxylic acids is 3. The van der Waals surface area contributed by atoms with Gasteiger partial charge < -0.3 is 15.5 Å². The van der Waals surface area contributed by atoms with Crippen molar-refractivity contribution < 1.29 is 14.4 Å². The van der Waals surface area contributed by atoms with Gasteiger partial charge in [0.1, 0.15) is 0 Å². The second-order valence-corrected chi connectivity index (χ2v) is 8.35. The lowest BCUT2D eigenvalue weighted by Gasteiger charge is -2.32. The Morgan fingerprint density at radius 1 is 1.21 bits per heavy atom. The van der Waals surface area contributed by atoms with Crippen molar-refractivity contribution in [2.24, 2.45) is 5.92 Å². The summed E-state index contributed by atoms with van der Waals surface area (Å²) in [5.41, 5.74) is 0.564. The standard InChI is InChI=1S/C21H29N5O3/c27-19-14-25(9-8-23-19)20(28)10-17-5-6-18(26(17)13-15-3-4-15)12-24-21(29)16-2-1-7-22-11-16/h1-2,7,11,15,17-18H,3-6,8-10,12-14H2,(H,23,27)(H,24,29)/t17-,18+/m1/s1. The highest BCUT2D eigenvalue weighted by molar-refractivity contribution is 5.93. The number of nitrogens with one attached hydrogen (secondary N) is 2. The van der Waals surface area contributed by atoms with Crippen LogP contribution in [0.15, 0.2) is 24.5 Å². The Bertz CT molecular complexity index is 752. The van der Waals surface area contributed by atoms with Gasteiger partial charge >= 0.3 is 0 Å². The summed E-state index contributed by atoms with van der Waals surface area (Å²) in [7, 11) is 0. The molecule has 2 N–H and O–H groups in total. The monoisotopic (exact) mass is 399 g/mol. The number of hydrogen-bond donors (Lipinski definition) is 2. The maximum Gasteiger partial charge on any atom is 0.252 e. The van der Waals surface area contributed by atoms with Gasteiger partial charge in [0.05, 0.1) is 12.1 Å². The summed E-state index contributed by atoms with van der Waals surface area (Å²) in [6, 6.07) is 3.95. The summed E-state index contributed by atoms with van der Waals surface area (Å²) in [6.07, 6.45) is 8.09. The molecule has 0 unspecified atom stereocenters. The van der Waals surface area contributed by atoms with Crippen LogP contribution in [0.1, 0.15) is 42.5 Å². The number of rotatable bonds is 7. The van der Waals surface area contributed by atoms with Gasteiger partial charge in [0.15, 0.2) is 0 Å². The number of piperazine rings is 1. The molecule has 156 valence electrons. The SMILES string of the molecule is O=C1CN(C(=O)C[C@H]2CC[C@@H](CNC(=O)c3cccnc3)N2CC2CC2)CCN1. The van der Waals surface area contributed by atoms with Gasteiger partial charge in [-0.1, -0.05) is 0 Å². The highest BCUT2D eigenvalue weighted by Crippen LogP contribution is 2.35. The minimum Gasteiger partial charge on any atom is -0.353 e. The summed E-state index contributed by atoms with van der Waals surface area (Å²) >= 11 is 0. The molecule has 4 rings (SSSR count). The van der Waals surface area contributed by atoms with E-state index >= 15 is 0 Å². The lowest BCUT2D eigenvalue weighted by Crippen LogP contribution is -2.51. The highest BCUT2D eigenvalue weighted by Gasteiger charge is 2.38. The minimum absolute atomic E-state index is 0.0608. The molecule has 1 aromatic rings. The van der Waals surface area contributed by atoms with Gasteiger partial charge in [-0.3, -0.25) is 24.3 Å². The molecule has 3 aliphatic rings. The van der Waals surface area contributed by atoms with Gasteiger partial charge in [-0.05, 0) is 43.7 Å². The van der Waals surface area contributed by atoms with E-state index in [0.717, 1.165) is 19.4 Å². The van der Waals surface area contributed by atoms with Crippen molar-refractivity contribution in [2.45, 2.75) is 44.2 Å². The summed E-state index contributed by atoms with van der Waals surface area (Å²) in [5, 5.41) is 5.80. The number of hydrogen-bond acceptors (Lipinski definition) is 5. The number of carbonyl (C=O) groups is 3. The number of likely N-dealkylation sites (tertiary alicyclic amines) is 1. The highest BCUT2D eigenvalue weighted by atomic mass is 16.2. The Kier molecular flexibility index (Phi) is 6.08. The summed E-state index contributed by atoms with van der Waals surface area (Å²) in [5.74, 6) is 0.582. The van der Waals surface area contributed by atoms with Crippen molar-refractivity contribution in [1.29, 1.82) is 0 Å². The van der Waals surface area contributed by atoms with Crippen LogP contribution in [0.3, 0.4) is 0 Å². The molecule has 0 spiro atoms. The predicted octanol–water partition coefficient (Wildman–Crippen LogP) is 0.403. The lowest BCUT2D eigenvalue weighted by molar-refractivity contribution is -0.139. The number of nitrogens with zero attached hydrogens (tertiary/aromatic N) is 3. The summed E-state index contributed by atoms with van der Waals surface area (Å²) in [6.45, 7) is 2.86. The lowest BCUT2D eigenvalue weighted by atomic mass is 10.1. The van der Waals surface area contributed by atoms with Crippen LogP contribution in [0.4, 0.5) is 0 Å². The van der Waals surface area contributed by atoms with Crippen molar-refractivity contribution >= 4 is 17.7 Å². The Morgan fingerprint density at radius 3 is 2.76 bits per heavy atom. The van der Waals surface area contributed by atoms with E-state index in [0.29, 0.717) is 37.5 Å². The molecule has 1 aromatic heterocycles. The van der Waals surface area contributed by atoms with Crippen molar-refractivity contribution in [3.8, 4) is 0 Å². The summed E-state index contributed by atoms with van der Waals surface area (Å²) in [4.78, 5) is 44.8. The maximum atomic E-state index is 12.7. The zero-order chi connectivity index (χ0) is 20.2. The number of pyridine rings is 1. The average molecular weight is 399 g/mol. The second kappa shape index (κ2) is 8.90. The molecule has 3 heterocycles. The quantitative estimate of drug-likeness (QED) is 0.692. The fourth-order valence-corrected chi connectivity index (χ4v) is 4.34. The molecular weight excluding hydrogens is 370 g/mol. The maximum absolute atomic E-state index is 12.7. The molecule has 0 bridgehead atoms. The molecular formula is C21H29N5O3. The Hall–Kier alpha value is -2.48. The van der Waals surface area contributed by atoms with E-state index in [1.807, 2.05) is 0 Å². The third kappa shape index (κ3) is 5.12. The van der Waals surface area contributed by atoms with Crippen LogP contribution in [-0.2, 0) is 9.59 Å². The first-order valence-corrected chi connectivity index (χ1v) is 10.6. The van der Waals surface area contributed by atoms with E-state index in [1.54, 1.807) is 29.4 Å². The van der Waals surface area contributed by atoms with Crippen LogP contribution >= 0.6 is 0 Å². The normalized spacial score (nSPS) is 25.0. The van der Waals surface area contributed by atoms with Crippen molar-refractivity contribution in [1.82, 2.24) is 25.4 Å². The van der Waals surface area contributed by atoms with Crippen LogP contribution in [0.2, 0.25) is 0 Å². The first-order valence-electron chi connectivity index (χ1n) is 10.6. The Balaban J connectivity index is 1.34. The Labute approximate surface area is 171 Å². The molecule has 0 radical (unpaired) electrons. The zero-order valence-electron chi connectivity index (χ0n) is 16.7. The van der Waals surface area contributed by atoms with Crippen molar-refractivity contribution in [2.75, 3.05) is 32.7 Å². The minimum atomic E-state index is -0.108. The molecule has 1 aliphatic carbocycles. The number of amides is 3. The van der Waals surface area contributed by atoms with E-state index < -0.39 is 0 Å². The first-order chi connectivity index (χ1) is 14.1. The molecule has 2 atom stereocenters. The van der Waals surface area contributed by atoms with E-state index in [2.05, 4.69) is 20.5 Å². The fraction of sp³-hybridized carbons (Fsp3) is 0.619. The zero-order valence-corrected chi connectivity index (χ0v) is 16.7. The molecule has 3 fully saturated rings. The smallest absolute Gasteiger partial charge is 0.252 e. The largest absolute Gasteiger partial charge is 0.353 e. The van der Waals surface area contributed by atoms with Gasteiger partial charge in [0.25, 0.3) is 5.91 Å². The molecule has 3 amide bonds. The van der Waals surface area contributed by atoms with Gasteiger partial charge in [-0.2, -0.15) is 0 Å². The average Bonchev–Trinajstić information content (AvgIpc) is 3.48. The van der Waals surface area contributed by atoms with E-state index in [9.17, 15) is 14.4 Å². The Morgan fingerprint density at radius 2 is 2.03 bits per heavy atom. The van der Waals surface area contributed by atoms with Gasteiger partial charge in [0, 0.05) is 57.1 Å². The van der Waals surface area contributed by atoms with E-state index in [-0.39, 0.29) is 36.3 Å². The second-order valence-electron chi connectivity index (χ2n) is 8.35. The van der Waals surface area contributed by atoms with Crippen LogP contribution in [-0.4, -0.2) is 77.3 Å². The number of aromatic nitrogens is 1.